The first kappa shape index (κ1) is 31.3. The van der Waals surface area contributed by atoms with E-state index in [1.54, 1.807) is 47.1 Å². The van der Waals surface area contributed by atoms with Crippen molar-refractivity contribution in [3.8, 4) is 11.7 Å². The third-order valence-electron chi connectivity index (χ3n) is 9.28. The fourth-order valence-electron chi connectivity index (χ4n) is 6.47. The predicted octanol–water partition coefficient (Wildman–Crippen LogP) is 3.76. The Bertz CT molecular complexity index is 1620. The van der Waals surface area contributed by atoms with Gasteiger partial charge >= 0.3 is 0 Å². The Morgan fingerprint density at radius 3 is 2.56 bits per heavy atom. The second kappa shape index (κ2) is 12.6. The van der Waals surface area contributed by atoms with E-state index in [1.165, 1.54) is 31.7 Å². The van der Waals surface area contributed by atoms with Gasteiger partial charge < -0.3 is 20.3 Å². The number of carbonyl (C=O) groups excluding carboxylic acids is 1. The Balaban J connectivity index is 1.21. The minimum Gasteiger partial charge on any atom is -0.477 e. The number of hydrogen-bond acceptors (Lipinski definition) is 10. The van der Waals surface area contributed by atoms with Crippen LogP contribution in [0.15, 0.2) is 47.6 Å². The van der Waals surface area contributed by atoms with Crippen molar-refractivity contribution in [3.05, 3.63) is 48.2 Å². The van der Waals surface area contributed by atoms with Gasteiger partial charge in [-0.1, -0.05) is 6.07 Å². The highest BCUT2D eigenvalue weighted by Crippen LogP contribution is 2.50. The quantitative estimate of drug-likeness (QED) is 0.268. The molecule has 3 aromatic heterocycles. The molecule has 0 spiro atoms. The Morgan fingerprint density at radius 1 is 1.13 bits per heavy atom. The van der Waals surface area contributed by atoms with E-state index < -0.39 is 15.9 Å². The summed E-state index contributed by atoms with van der Waals surface area (Å²) in [5, 5.41) is 4.35. The van der Waals surface area contributed by atoms with Crippen molar-refractivity contribution in [1.82, 2.24) is 24.5 Å². The third-order valence-corrected chi connectivity index (χ3v) is 10.5. The maximum atomic E-state index is 13.6. The minimum absolute atomic E-state index is 0.156. The molecular formula is C32H44N8O4S. The van der Waals surface area contributed by atoms with Crippen molar-refractivity contribution in [3.63, 3.8) is 0 Å². The van der Waals surface area contributed by atoms with Gasteiger partial charge in [-0.05, 0) is 101 Å². The lowest BCUT2D eigenvalue weighted by Crippen LogP contribution is -2.41. The van der Waals surface area contributed by atoms with Crippen LogP contribution in [0.25, 0.3) is 5.82 Å². The van der Waals surface area contributed by atoms with E-state index in [0.29, 0.717) is 49.6 Å². The average molecular weight is 637 g/mol. The van der Waals surface area contributed by atoms with Crippen LogP contribution in [0, 0.1) is 17.8 Å². The number of sulfonamides is 1. The van der Waals surface area contributed by atoms with Crippen LogP contribution in [0.3, 0.4) is 0 Å². The number of nitrogens with zero attached hydrogens (tertiary/aromatic N) is 6. The largest absolute Gasteiger partial charge is 0.477 e. The molecule has 1 saturated heterocycles. The SMILES string of the molecule is CN(CCN)c1cccc(S(=O)(=O)NC(=O)c2ccc(-n3ccc(OCCC(C4CC4)C4CC4)n3)nc2N2CCCC2(C)C)n1. The summed E-state index contributed by atoms with van der Waals surface area (Å²) >= 11 is 0. The maximum absolute atomic E-state index is 13.6. The van der Waals surface area contributed by atoms with Crippen molar-refractivity contribution < 1.29 is 17.9 Å². The van der Waals surface area contributed by atoms with Crippen LogP contribution in [-0.4, -0.2) is 72.9 Å². The standard InChI is InChI=1S/C32H44N8O4S/c1-32(2)16-5-18-39(32)30-25(31(41)37-45(42,43)29-7-4-6-26(34-29)38(3)20-17-33)12-13-27(35-30)40-19-14-28(36-40)44-21-15-24(22-8-9-22)23-10-11-23/h4,6-7,12-14,19,22-24H,5,8-11,15-18,20-21,33H2,1-3H3,(H,37,41). The molecule has 4 heterocycles. The van der Waals surface area contributed by atoms with E-state index in [4.69, 9.17) is 15.5 Å². The summed E-state index contributed by atoms with van der Waals surface area (Å²) in [5.41, 5.74) is 5.52. The molecule has 0 unspecified atom stereocenters. The monoisotopic (exact) mass is 636 g/mol. The number of aromatic nitrogens is 4. The lowest BCUT2D eigenvalue weighted by Gasteiger charge is -2.34. The number of anilines is 2. The van der Waals surface area contributed by atoms with Crippen molar-refractivity contribution in [2.75, 3.05) is 43.1 Å². The van der Waals surface area contributed by atoms with E-state index in [9.17, 15) is 13.2 Å². The molecule has 3 aliphatic rings. The first-order valence-corrected chi connectivity index (χ1v) is 17.5. The van der Waals surface area contributed by atoms with Crippen molar-refractivity contribution >= 4 is 27.6 Å². The summed E-state index contributed by atoms with van der Waals surface area (Å²) in [6.07, 6.45) is 10.1. The van der Waals surface area contributed by atoms with Gasteiger partial charge in [-0.25, -0.2) is 19.4 Å². The first-order valence-electron chi connectivity index (χ1n) is 16.0. The van der Waals surface area contributed by atoms with Gasteiger partial charge in [-0.3, -0.25) is 4.79 Å². The lowest BCUT2D eigenvalue weighted by molar-refractivity contribution is 0.0981. The van der Waals surface area contributed by atoms with E-state index >= 15 is 0 Å². The van der Waals surface area contributed by atoms with Crippen LogP contribution in [0.1, 0.15) is 69.2 Å². The molecule has 0 radical (unpaired) electrons. The number of pyridine rings is 2. The van der Waals surface area contributed by atoms with E-state index in [-0.39, 0.29) is 16.1 Å². The average Bonchev–Trinajstić information content (AvgIpc) is 3.95. The normalized spacial score (nSPS) is 17.9. The van der Waals surface area contributed by atoms with Crippen LogP contribution in [-0.2, 0) is 10.0 Å². The summed E-state index contributed by atoms with van der Waals surface area (Å²) in [5.74, 6) is 3.64. The van der Waals surface area contributed by atoms with Crippen LogP contribution in [0.2, 0.25) is 0 Å². The van der Waals surface area contributed by atoms with Gasteiger partial charge in [0, 0.05) is 44.5 Å². The molecule has 6 rings (SSSR count). The zero-order valence-corrected chi connectivity index (χ0v) is 27.2. The molecule has 13 heteroatoms. The fraction of sp³-hybridized carbons (Fsp3) is 0.562. The van der Waals surface area contributed by atoms with Crippen LogP contribution < -0.4 is 25.0 Å². The zero-order valence-electron chi connectivity index (χ0n) is 26.4. The molecule has 12 nitrogen and oxygen atoms in total. The van der Waals surface area contributed by atoms with Crippen LogP contribution in [0.4, 0.5) is 11.6 Å². The number of likely N-dealkylation sites (N-methyl/N-ethyl adjacent to an activating group) is 1. The highest BCUT2D eigenvalue weighted by atomic mass is 32.2. The van der Waals surface area contributed by atoms with Gasteiger partial charge in [0.1, 0.15) is 11.6 Å². The maximum Gasteiger partial charge on any atom is 0.281 e. The molecule has 3 fully saturated rings. The van der Waals surface area contributed by atoms with Gasteiger partial charge in [0.05, 0.1) is 12.2 Å². The molecule has 2 aliphatic carbocycles. The molecule has 0 atom stereocenters. The summed E-state index contributed by atoms with van der Waals surface area (Å²) in [4.78, 5) is 26.6. The Morgan fingerprint density at radius 2 is 1.89 bits per heavy atom. The van der Waals surface area contributed by atoms with Gasteiger partial charge in [-0.15, -0.1) is 5.10 Å². The predicted molar refractivity (Wildman–Crippen MR) is 172 cm³/mol. The molecule has 242 valence electrons. The Labute approximate surface area is 265 Å². The molecule has 1 aliphatic heterocycles. The van der Waals surface area contributed by atoms with Crippen molar-refractivity contribution in [2.24, 2.45) is 23.5 Å². The van der Waals surface area contributed by atoms with Crippen molar-refractivity contribution in [1.29, 1.82) is 0 Å². The van der Waals surface area contributed by atoms with Crippen LogP contribution in [0.5, 0.6) is 5.88 Å². The van der Waals surface area contributed by atoms with Gasteiger partial charge in [-0.2, -0.15) is 8.42 Å². The van der Waals surface area contributed by atoms with E-state index in [1.807, 2.05) is 6.07 Å². The zero-order chi connectivity index (χ0) is 31.8. The third kappa shape index (κ3) is 7.09. The number of amides is 1. The fourth-order valence-corrected chi connectivity index (χ4v) is 7.40. The number of nitrogens with one attached hydrogen (secondary N) is 1. The lowest BCUT2D eigenvalue weighted by atomic mass is 9.95. The second-order valence-electron chi connectivity index (χ2n) is 13.2. The summed E-state index contributed by atoms with van der Waals surface area (Å²) < 4.78 is 36.5. The first-order chi connectivity index (χ1) is 21.6. The number of nitrogens with two attached hydrogens (primary N) is 1. The number of carbonyl (C=O) groups is 1. The highest BCUT2D eigenvalue weighted by Gasteiger charge is 2.41. The molecule has 2 saturated carbocycles. The van der Waals surface area contributed by atoms with Crippen LogP contribution >= 0.6 is 0 Å². The van der Waals surface area contributed by atoms with Crippen molar-refractivity contribution in [2.45, 2.75) is 69.4 Å². The number of hydrogen-bond donors (Lipinski definition) is 2. The van der Waals surface area contributed by atoms with Gasteiger partial charge in [0.2, 0.25) is 5.88 Å². The Kier molecular flexibility index (Phi) is 8.75. The van der Waals surface area contributed by atoms with E-state index in [0.717, 1.165) is 37.0 Å². The molecule has 3 aromatic rings. The second-order valence-corrected chi connectivity index (χ2v) is 14.8. The van der Waals surface area contributed by atoms with Gasteiger partial charge in [0.15, 0.2) is 10.8 Å². The summed E-state index contributed by atoms with van der Waals surface area (Å²) in [6, 6.07) is 9.73. The van der Waals surface area contributed by atoms with Gasteiger partial charge in [0.25, 0.3) is 15.9 Å². The highest BCUT2D eigenvalue weighted by molar-refractivity contribution is 7.90. The molecule has 0 aromatic carbocycles. The molecule has 1 amide bonds. The molecular weight excluding hydrogens is 592 g/mol. The summed E-state index contributed by atoms with van der Waals surface area (Å²) in [6.45, 7) is 6.40. The summed E-state index contributed by atoms with van der Waals surface area (Å²) in [7, 11) is -2.50. The molecule has 45 heavy (non-hydrogen) atoms. The number of rotatable bonds is 14. The molecule has 0 bridgehead atoms. The Hall–Kier alpha value is -3.71. The smallest absolute Gasteiger partial charge is 0.281 e. The molecule has 3 N–H and O–H groups in total. The topological polar surface area (TPSA) is 149 Å². The van der Waals surface area contributed by atoms with E-state index in [2.05, 4.69) is 33.6 Å². The number of ether oxygens (including phenoxy) is 1. The minimum atomic E-state index is -4.27.